The number of hydrogen-bond acceptors (Lipinski definition) is 3. The highest BCUT2D eigenvalue weighted by Crippen LogP contribution is 2.40. The largest absolute Gasteiger partial charge is 0.418 e. The SMILES string of the molecule is O=C(NCC12CCC(CC1)NC2=O)c1ccn(-c2ccccc2C(F)(F)F)n1. The summed E-state index contributed by atoms with van der Waals surface area (Å²) in [4.78, 5) is 24.7. The molecule has 5 rings (SSSR count). The number of amides is 2. The van der Waals surface area contributed by atoms with Crippen LogP contribution in [0.15, 0.2) is 36.5 Å². The number of nitrogens with one attached hydrogen (secondary N) is 2. The fourth-order valence-electron chi connectivity index (χ4n) is 3.97. The monoisotopic (exact) mass is 392 g/mol. The molecule has 28 heavy (non-hydrogen) atoms. The normalized spacial score (nSPS) is 24.1. The molecular formula is C19H19F3N4O2. The van der Waals surface area contributed by atoms with Crippen LogP contribution in [0.25, 0.3) is 5.69 Å². The molecule has 2 aliphatic heterocycles. The number of rotatable bonds is 4. The van der Waals surface area contributed by atoms with E-state index in [0.29, 0.717) is 0 Å². The molecular weight excluding hydrogens is 373 g/mol. The van der Waals surface area contributed by atoms with E-state index in [0.717, 1.165) is 36.4 Å². The van der Waals surface area contributed by atoms with Gasteiger partial charge in [0.05, 0.1) is 16.7 Å². The van der Waals surface area contributed by atoms with Crippen LogP contribution in [0.5, 0.6) is 0 Å². The Bertz CT molecular complexity index is 914. The summed E-state index contributed by atoms with van der Waals surface area (Å²) in [6.07, 6.45) is 0.0108. The third-order valence-corrected chi connectivity index (χ3v) is 5.62. The van der Waals surface area contributed by atoms with Crippen LogP contribution in [-0.2, 0) is 11.0 Å². The summed E-state index contributed by atoms with van der Waals surface area (Å²) in [5.41, 5.74) is -1.59. The van der Waals surface area contributed by atoms with Crippen LogP contribution in [0.2, 0.25) is 0 Å². The molecule has 0 atom stereocenters. The van der Waals surface area contributed by atoms with Crippen molar-refractivity contribution in [2.24, 2.45) is 5.41 Å². The summed E-state index contributed by atoms with van der Waals surface area (Å²) in [6.45, 7) is 0.191. The Kier molecular flexibility index (Phi) is 4.40. The van der Waals surface area contributed by atoms with Gasteiger partial charge in [-0.15, -0.1) is 0 Å². The highest BCUT2D eigenvalue weighted by Gasteiger charge is 2.47. The Morgan fingerprint density at radius 1 is 1.25 bits per heavy atom. The van der Waals surface area contributed by atoms with Crippen molar-refractivity contribution in [3.63, 3.8) is 0 Å². The molecule has 3 heterocycles. The van der Waals surface area contributed by atoms with Crippen LogP contribution in [0, 0.1) is 5.41 Å². The Morgan fingerprint density at radius 2 is 1.96 bits per heavy atom. The molecule has 2 saturated heterocycles. The van der Waals surface area contributed by atoms with Gasteiger partial charge in [0.15, 0.2) is 5.69 Å². The molecule has 0 radical (unpaired) electrons. The predicted molar refractivity (Wildman–Crippen MR) is 93.7 cm³/mol. The summed E-state index contributed by atoms with van der Waals surface area (Å²) in [5, 5.41) is 9.68. The first kappa shape index (κ1) is 18.5. The van der Waals surface area contributed by atoms with Gasteiger partial charge in [-0.2, -0.15) is 18.3 Å². The van der Waals surface area contributed by atoms with Crippen molar-refractivity contribution in [3.8, 4) is 5.69 Å². The van der Waals surface area contributed by atoms with Crippen molar-refractivity contribution in [1.82, 2.24) is 20.4 Å². The first-order chi connectivity index (χ1) is 13.3. The smallest absolute Gasteiger partial charge is 0.353 e. The van der Waals surface area contributed by atoms with Gasteiger partial charge >= 0.3 is 6.18 Å². The summed E-state index contributed by atoms with van der Waals surface area (Å²) in [5.74, 6) is -0.557. The molecule has 2 aromatic rings. The van der Waals surface area contributed by atoms with Crippen molar-refractivity contribution in [2.75, 3.05) is 6.54 Å². The number of nitrogens with zero attached hydrogens (tertiary/aromatic N) is 2. The molecule has 0 spiro atoms. The Morgan fingerprint density at radius 3 is 2.64 bits per heavy atom. The number of halogens is 3. The van der Waals surface area contributed by atoms with Crippen molar-refractivity contribution in [1.29, 1.82) is 0 Å². The van der Waals surface area contributed by atoms with E-state index in [1.807, 2.05) is 0 Å². The molecule has 0 unspecified atom stereocenters. The summed E-state index contributed by atoms with van der Waals surface area (Å²) < 4.78 is 40.6. The minimum absolute atomic E-state index is 0.00159. The third-order valence-electron chi connectivity index (χ3n) is 5.62. The number of piperidine rings is 2. The lowest BCUT2D eigenvalue weighted by Crippen LogP contribution is -2.59. The van der Waals surface area contributed by atoms with E-state index in [-0.39, 0.29) is 29.9 Å². The molecule has 1 aliphatic carbocycles. The summed E-state index contributed by atoms with van der Waals surface area (Å²) in [6, 6.07) is 6.62. The highest BCUT2D eigenvalue weighted by atomic mass is 19.4. The molecule has 1 aromatic heterocycles. The number of carbonyl (C=O) groups is 2. The molecule has 9 heteroatoms. The molecule has 6 nitrogen and oxygen atoms in total. The number of benzene rings is 1. The van der Waals surface area contributed by atoms with Gasteiger partial charge < -0.3 is 10.6 Å². The molecule has 148 valence electrons. The minimum Gasteiger partial charge on any atom is -0.353 e. The van der Waals surface area contributed by atoms with Crippen LogP contribution < -0.4 is 10.6 Å². The van der Waals surface area contributed by atoms with E-state index in [9.17, 15) is 22.8 Å². The van der Waals surface area contributed by atoms with Gasteiger partial charge in [0.2, 0.25) is 5.91 Å². The maximum absolute atomic E-state index is 13.2. The van der Waals surface area contributed by atoms with Crippen LogP contribution in [0.3, 0.4) is 0 Å². The minimum atomic E-state index is -4.53. The maximum atomic E-state index is 13.2. The maximum Gasteiger partial charge on any atom is 0.418 e. The molecule has 2 amide bonds. The average molecular weight is 392 g/mol. The predicted octanol–water partition coefficient (Wildman–Crippen LogP) is 2.68. The number of fused-ring (bicyclic) bond motifs is 3. The number of para-hydroxylation sites is 1. The highest BCUT2D eigenvalue weighted by molar-refractivity contribution is 5.93. The van der Waals surface area contributed by atoms with Crippen molar-refractivity contribution in [2.45, 2.75) is 37.9 Å². The van der Waals surface area contributed by atoms with Gasteiger partial charge in [-0.1, -0.05) is 12.1 Å². The van der Waals surface area contributed by atoms with Gasteiger partial charge in [-0.25, -0.2) is 4.68 Å². The first-order valence-electron chi connectivity index (χ1n) is 9.10. The van der Waals surface area contributed by atoms with Crippen molar-refractivity contribution >= 4 is 11.8 Å². The van der Waals surface area contributed by atoms with Crippen LogP contribution in [0.1, 0.15) is 41.7 Å². The average Bonchev–Trinajstić information content (AvgIpc) is 3.17. The van der Waals surface area contributed by atoms with Gasteiger partial charge in [0, 0.05) is 18.8 Å². The molecule has 2 bridgehead atoms. The number of aromatic nitrogens is 2. The Hall–Kier alpha value is -2.84. The van der Waals surface area contributed by atoms with Crippen molar-refractivity contribution < 1.29 is 22.8 Å². The van der Waals surface area contributed by atoms with Gasteiger partial charge in [-0.3, -0.25) is 9.59 Å². The number of carbonyl (C=O) groups excluding carboxylic acids is 2. The lowest BCUT2D eigenvalue weighted by Gasteiger charge is -2.45. The fraction of sp³-hybridized carbons (Fsp3) is 0.421. The van der Waals surface area contributed by atoms with E-state index in [1.54, 1.807) is 0 Å². The number of alkyl halides is 3. The quantitative estimate of drug-likeness (QED) is 0.840. The second-order valence-electron chi connectivity index (χ2n) is 7.37. The standard InChI is InChI=1S/C19H19F3N4O2/c20-19(21,22)13-3-1-2-4-15(13)26-10-7-14(25-26)16(27)23-11-18-8-5-12(6-9-18)24-17(18)28/h1-4,7,10,12H,5-6,8-9,11H2,(H,23,27)(H,24,28). The summed E-state index contributed by atoms with van der Waals surface area (Å²) >= 11 is 0. The zero-order valence-corrected chi connectivity index (χ0v) is 14.9. The molecule has 3 aliphatic rings. The van der Waals surface area contributed by atoms with E-state index in [2.05, 4.69) is 15.7 Å². The molecule has 1 saturated carbocycles. The van der Waals surface area contributed by atoms with Crippen LogP contribution in [0.4, 0.5) is 13.2 Å². The molecule has 2 N–H and O–H groups in total. The Labute approximate surface area is 159 Å². The molecule has 1 aromatic carbocycles. The second kappa shape index (κ2) is 6.65. The zero-order chi connectivity index (χ0) is 19.9. The number of hydrogen-bond donors (Lipinski definition) is 2. The zero-order valence-electron chi connectivity index (χ0n) is 14.9. The Balaban J connectivity index is 1.49. The van der Waals surface area contributed by atoms with Gasteiger partial charge in [-0.05, 0) is 43.9 Å². The topological polar surface area (TPSA) is 76.0 Å². The van der Waals surface area contributed by atoms with E-state index in [1.165, 1.54) is 30.5 Å². The van der Waals surface area contributed by atoms with Gasteiger partial charge in [0.25, 0.3) is 5.91 Å². The second-order valence-corrected chi connectivity index (χ2v) is 7.37. The lowest BCUT2D eigenvalue weighted by molar-refractivity contribution is -0.139. The summed E-state index contributed by atoms with van der Waals surface area (Å²) in [7, 11) is 0. The van der Waals surface area contributed by atoms with Crippen LogP contribution >= 0.6 is 0 Å². The van der Waals surface area contributed by atoms with E-state index < -0.39 is 23.1 Å². The fourth-order valence-corrected chi connectivity index (χ4v) is 3.97. The van der Waals surface area contributed by atoms with E-state index in [4.69, 9.17) is 0 Å². The van der Waals surface area contributed by atoms with E-state index >= 15 is 0 Å². The van der Waals surface area contributed by atoms with Gasteiger partial charge in [0.1, 0.15) is 0 Å². The van der Waals surface area contributed by atoms with Crippen LogP contribution in [-0.4, -0.2) is 34.2 Å². The first-order valence-corrected chi connectivity index (χ1v) is 9.10. The third kappa shape index (κ3) is 3.25. The van der Waals surface area contributed by atoms with Crippen molar-refractivity contribution in [3.05, 3.63) is 47.8 Å². The lowest BCUT2D eigenvalue weighted by atomic mass is 9.68. The molecule has 3 fully saturated rings.